The molecule has 1 aromatic rings. The van der Waals surface area contributed by atoms with Crippen LogP contribution in [0.2, 0.25) is 0 Å². The van der Waals surface area contributed by atoms with Crippen molar-refractivity contribution in [1.82, 2.24) is 9.29 Å². The van der Waals surface area contributed by atoms with Crippen molar-refractivity contribution in [3.63, 3.8) is 0 Å². The molecule has 6 nitrogen and oxygen atoms in total. The second-order valence-electron chi connectivity index (χ2n) is 5.90. The third-order valence-corrected chi connectivity index (χ3v) is 5.72. The standard InChI is InChI=1S/C14H24N4O2S/c1-11(2)10-18(12-6-3-4-7-12)21(19,20)13-8-5-9-16-14(13)17-15/h5,8-9,11-12H,3-4,6-7,10,15H2,1-2H3,(H,16,17). The van der Waals surface area contributed by atoms with Crippen LogP contribution in [0.15, 0.2) is 23.2 Å². The van der Waals surface area contributed by atoms with Crippen molar-refractivity contribution in [2.24, 2.45) is 11.8 Å². The van der Waals surface area contributed by atoms with Crippen molar-refractivity contribution in [2.45, 2.75) is 50.5 Å². The highest BCUT2D eigenvalue weighted by atomic mass is 32.2. The topological polar surface area (TPSA) is 88.3 Å². The Bertz CT molecular complexity index is 568. The van der Waals surface area contributed by atoms with E-state index in [9.17, 15) is 8.42 Å². The van der Waals surface area contributed by atoms with Crippen molar-refractivity contribution >= 4 is 15.8 Å². The molecule has 1 fully saturated rings. The minimum atomic E-state index is -3.59. The van der Waals surface area contributed by atoms with Gasteiger partial charge >= 0.3 is 0 Å². The first-order valence-electron chi connectivity index (χ1n) is 7.40. The quantitative estimate of drug-likeness (QED) is 0.619. The van der Waals surface area contributed by atoms with Gasteiger partial charge in [-0.25, -0.2) is 19.2 Å². The molecule has 0 atom stereocenters. The van der Waals surface area contributed by atoms with E-state index in [-0.39, 0.29) is 22.7 Å². The monoisotopic (exact) mass is 312 g/mol. The maximum atomic E-state index is 13.0. The van der Waals surface area contributed by atoms with Crippen LogP contribution in [-0.2, 0) is 10.0 Å². The smallest absolute Gasteiger partial charge is 0.247 e. The molecule has 1 aliphatic carbocycles. The van der Waals surface area contributed by atoms with Crippen LogP contribution in [0, 0.1) is 5.92 Å². The summed E-state index contributed by atoms with van der Waals surface area (Å²) < 4.78 is 27.7. The van der Waals surface area contributed by atoms with Gasteiger partial charge in [-0.05, 0) is 30.9 Å². The van der Waals surface area contributed by atoms with Crippen LogP contribution in [0.5, 0.6) is 0 Å². The Hall–Kier alpha value is -1.18. The van der Waals surface area contributed by atoms with Crippen LogP contribution in [0.3, 0.4) is 0 Å². The third kappa shape index (κ3) is 3.53. The minimum Gasteiger partial charge on any atom is -0.307 e. The van der Waals surface area contributed by atoms with E-state index in [0.717, 1.165) is 25.7 Å². The average Bonchev–Trinajstić information content (AvgIpc) is 2.98. The lowest BCUT2D eigenvalue weighted by molar-refractivity contribution is 0.292. The van der Waals surface area contributed by atoms with Gasteiger partial charge < -0.3 is 5.43 Å². The second-order valence-corrected chi connectivity index (χ2v) is 7.76. The second kappa shape index (κ2) is 6.72. The predicted octanol–water partition coefficient (Wildman–Crippen LogP) is 1.96. The molecule has 21 heavy (non-hydrogen) atoms. The van der Waals surface area contributed by atoms with E-state index in [1.165, 1.54) is 6.20 Å². The Morgan fingerprint density at radius 2 is 2.10 bits per heavy atom. The summed E-state index contributed by atoms with van der Waals surface area (Å²) >= 11 is 0. The summed E-state index contributed by atoms with van der Waals surface area (Å²) in [6.45, 7) is 4.58. The molecule has 1 saturated carbocycles. The number of hydrazine groups is 1. The van der Waals surface area contributed by atoms with Crippen LogP contribution >= 0.6 is 0 Å². The Morgan fingerprint density at radius 3 is 2.67 bits per heavy atom. The number of aromatic nitrogens is 1. The van der Waals surface area contributed by atoms with Gasteiger partial charge in [0, 0.05) is 18.8 Å². The Morgan fingerprint density at radius 1 is 1.43 bits per heavy atom. The van der Waals surface area contributed by atoms with Gasteiger partial charge in [0.05, 0.1) is 0 Å². The molecule has 118 valence electrons. The molecule has 1 aliphatic rings. The number of nitrogens with zero attached hydrogens (tertiary/aromatic N) is 2. The van der Waals surface area contributed by atoms with Crippen molar-refractivity contribution in [3.05, 3.63) is 18.3 Å². The fourth-order valence-electron chi connectivity index (χ4n) is 2.83. The molecule has 0 bridgehead atoms. The van der Waals surface area contributed by atoms with Gasteiger partial charge in [-0.2, -0.15) is 4.31 Å². The van der Waals surface area contributed by atoms with Gasteiger partial charge in [-0.3, -0.25) is 0 Å². The molecule has 2 rings (SSSR count). The lowest BCUT2D eigenvalue weighted by Gasteiger charge is -2.30. The van der Waals surface area contributed by atoms with Crippen molar-refractivity contribution in [3.8, 4) is 0 Å². The van der Waals surface area contributed by atoms with Crippen LogP contribution in [-0.4, -0.2) is 30.3 Å². The van der Waals surface area contributed by atoms with E-state index < -0.39 is 10.0 Å². The Labute approximate surface area is 126 Å². The molecule has 0 amide bonds. The van der Waals surface area contributed by atoms with Crippen LogP contribution in [0.4, 0.5) is 5.82 Å². The molecule has 1 heterocycles. The van der Waals surface area contributed by atoms with E-state index in [1.54, 1.807) is 16.4 Å². The fraction of sp³-hybridized carbons (Fsp3) is 0.643. The molecule has 0 unspecified atom stereocenters. The average molecular weight is 312 g/mol. The SMILES string of the molecule is CC(C)CN(C1CCCC1)S(=O)(=O)c1cccnc1NN. The number of nitrogens with one attached hydrogen (secondary N) is 1. The van der Waals surface area contributed by atoms with Crippen molar-refractivity contribution in [2.75, 3.05) is 12.0 Å². The van der Waals surface area contributed by atoms with Gasteiger partial charge in [-0.15, -0.1) is 0 Å². The molecule has 0 aromatic carbocycles. The molecule has 0 saturated heterocycles. The summed E-state index contributed by atoms with van der Waals surface area (Å²) in [4.78, 5) is 4.16. The number of nitrogens with two attached hydrogens (primary N) is 1. The summed E-state index contributed by atoms with van der Waals surface area (Å²) in [7, 11) is -3.59. The van der Waals surface area contributed by atoms with Crippen molar-refractivity contribution < 1.29 is 8.42 Å². The fourth-order valence-corrected chi connectivity index (χ4v) is 4.79. The highest BCUT2D eigenvalue weighted by Gasteiger charge is 2.35. The van der Waals surface area contributed by atoms with Crippen LogP contribution in [0.25, 0.3) is 0 Å². The lowest BCUT2D eigenvalue weighted by atomic mass is 10.2. The van der Waals surface area contributed by atoms with E-state index in [2.05, 4.69) is 10.4 Å². The van der Waals surface area contributed by atoms with Gasteiger partial charge in [0.25, 0.3) is 0 Å². The zero-order valence-electron chi connectivity index (χ0n) is 12.6. The number of rotatable bonds is 6. The number of hydrogen-bond acceptors (Lipinski definition) is 5. The molecule has 0 radical (unpaired) electrons. The number of anilines is 1. The molecule has 3 N–H and O–H groups in total. The van der Waals surface area contributed by atoms with E-state index in [1.807, 2.05) is 13.8 Å². The zero-order valence-corrected chi connectivity index (χ0v) is 13.4. The maximum absolute atomic E-state index is 13.0. The highest BCUT2D eigenvalue weighted by Crippen LogP contribution is 2.31. The van der Waals surface area contributed by atoms with E-state index in [4.69, 9.17) is 5.84 Å². The normalized spacial score (nSPS) is 16.8. The first kappa shape index (κ1) is 16.2. The van der Waals surface area contributed by atoms with Gasteiger partial charge in [0.1, 0.15) is 4.90 Å². The third-order valence-electron chi connectivity index (χ3n) is 3.77. The first-order valence-corrected chi connectivity index (χ1v) is 8.84. The van der Waals surface area contributed by atoms with Gasteiger partial charge in [0.15, 0.2) is 5.82 Å². The Kier molecular flexibility index (Phi) is 5.18. The Balaban J connectivity index is 2.41. The largest absolute Gasteiger partial charge is 0.307 e. The predicted molar refractivity (Wildman–Crippen MR) is 83.0 cm³/mol. The summed E-state index contributed by atoms with van der Waals surface area (Å²) in [5.41, 5.74) is 2.38. The van der Waals surface area contributed by atoms with Gasteiger partial charge in [0.2, 0.25) is 10.0 Å². The molecular weight excluding hydrogens is 288 g/mol. The lowest BCUT2D eigenvalue weighted by Crippen LogP contribution is -2.41. The number of sulfonamides is 1. The summed E-state index contributed by atoms with van der Waals surface area (Å²) in [5.74, 6) is 5.87. The zero-order chi connectivity index (χ0) is 15.5. The molecule has 0 spiro atoms. The number of hydrogen-bond donors (Lipinski definition) is 2. The van der Waals surface area contributed by atoms with Gasteiger partial charge in [-0.1, -0.05) is 26.7 Å². The minimum absolute atomic E-state index is 0.0863. The van der Waals surface area contributed by atoms with Crippen molar-refractivity contribution in [1.29, 1.82) is 0 Å². The molecular formula is C14H24N4O2S. The number of pyridine rings is 1. The highest BCUT2D eigenvalue weighted by molar-refractivity contribution is 7.89. The first-order chi connectivity index (χ1) is 9.96. The maximum Gasteiger partial charge on any atom is 0.247 e. The number of nitrogen functional groups attached to an aromatic ring is 1. The van der Waals surface area contributed by atoms with E-state index >= 15 is 0 Å². The molecule has 0 aliphatic heterocycles. The van der Waals surface area contributed by atoms with E-state index in [0.29, 0.717) is 6.54 Å². The van der Waals surface area contributed by atoms with Crippen LogP contribution in [0.1, 0.15) is 39.5 Å². The molecule has 7 heteroatoms. The summed E-state index contributed by atoms with van der Waals surface area (Å²) in [6.07, 6.45) is 5.55. The summed E-state index contributed by atoms with van der Waals surface area (Å²) in [6, 6.07) is 3.26. The van der Waals surface area contributed by atoms with Crippen LogP contribution < -0.4 is 11.3 Å². The summed E-state index contributed by atoms with van der Waals surface area (Å²) in [5, 5.41) is 0. The molecule has 1 aromatic heterocycles.